The SMILES string of the molecule is COc1ccc(OCC[NH+]2CCN(C(=O)C[NH+](C)CC(=O)NC3CC3)CC2)cc1. The highest BCUT2D eigenvalue weighted by atomic mass is 16.5. The second-order valence-electron chi connectivity index (χ2n) is 8.06. The fraction of sp³-hybridized carbons (Fsp3) is 0.619. The number of quaternary nitrogens is 2. The number of carbonyl (C=O) groups is 2. The van der Waals surface area contributed by atoms with Crippen LogP contribution in [-0.2, 0) is 9.59 Å². The Balaban J connectivity index is 1.29. The molecule has 1 saturated heterocycles. The quantitative estimate of drug-likeness (QED) is 0.405. The molecule has 3 N–H and O–H groups in total. The fourth-order valence-electron chi connectivity index (χ4n) is 3.52. The average molecular weight is 407 g/mol. The third-order valence-electron chi connectivity index (χ3n) is 5.46. The Labute approximate surface area is 172 Å². The van der Waals surface area contributed by atoms with E-state index in [0.29, 0.717) is 25.7 Å². The number of rotatable bonds is 10. The molecule has 8 heteroatoms. The molecule has 0 spiro atoms. The van der Waals surface area contributed by atoms with Gasteiger partial charge in [0, 0.05) is 6.04 Å². The molecule has 8 nitrogen and oxygen atoms in total. The Morgan fingerprint density at radius 1 is 1.14 bits per heavy atom. The molecule has 1 aromatic rings. The van der Waals surface area contributed by atoms with Gasteiger partial charge in [-0.1, -0.05) is 0 Å². The van der Waals surface area contributed by atoms with Crippen molar-refractivity contribution in [2.24, 2.45) is 0 Å². The summed E-state index contributed by atoms with van der Waals surface area (Å²) in [6, 6.07) is 7.97. The number of nitrogens with zero attached hydrogens (tertiary/aromatic N) is 1. The maximum atomic E-state index is 12.5. The lowest BCUT2D eigenvalue weighted by atomic mass is 10.3. The molecule has 3 rings (SSSR count). The van der Waals surface area contributed by atoms with E-state index in [2.05, 4.69) is 5.32 Å². The number of carbonyl (C=O) groups excluding carboxylic acids is 2. The summed E-state index contributed by atoms with van der Waals surface area (Å²) in [5.41, 5.74) is 0. The van der Waals surface area contributed by atoms with Crippen molar-refractivity contribution in [3.63, 3.8) is 0 Å². The summed E-state index contributed by atoms with van der Waals surface area (Å²) < 4.78 is 11.0. The van der Waals surface area contributed by atoms with Gasteiger partial charge in [-0.05, 0) is 37.1 Å². The van der Waals surface area contributed by atoms with Crippen LogP contribution in [0.4, 0.5) is 0 Å². The summed E-state index contributed by atoms with van der Waals surface area (Å²) in [5, 5.41) is 2.97. The van der Waals surface area contributed by atoms with Gasteiger partial charge in [-0.25, -0.2) is 0 Å². The van der Waals surface area contributed by atoms with E-state index in [9.17, 15) is 9.59 Å². The van der Waals surface area contributed by atoms with E-state index in [1.165, 1.54) is 4.90 Å². The standard InChI is InChI=1S/C21H32N4O4/c1-23(15-20(26)22-17-3-4-17)16-21(27)25-11-9-24(10-12-25)13-14-29-19-7-5-18(28-2)6-8-19/h5-8,17H,3-4,9-16H2,1-2H3,(H,22,26)/p+2. The van der Waals surface area contributed by atoms with Gasteiger partial charge in [-0.3, -0.25) is 9.59 Å². The summed E-state index contributed by atoms with van der Waals surface area (Å²) in [7, 11) is 3.55. The van der Waals surface area contributed by atoms with E-state index < -0.39 is 0 Å². The van der Waals surface area contributed by atoms with E-state index in [1.54, 1.807) is 7.11 Å². The molecule has 0 bridgehead atoms. The number of piperazine rings is 1. The third kappa shape index (κ3) is 7.21. The molecule has 0 radical (unpaired) electrons. The largest absolute Gasteiger partial charge is 0.497 e. The molecule has 1 unspecified atom stereocenters. The Hall–Kier alpha value is -2.32. The van der Waals surface area contributed by atoms with Crippen molar-refractivity contribution < 1.29 is 28.9 Å². The highest BCUT2D eigenvalue weighted by Crippen LogP contribution is 2.18. The van der Waals surface area contributed by atoms with Crippen molar-refractivity contribution in [2.75, 3.05) is 66.6 Å². The lowest BCUT2D eigenvalue weighted by Gasteiger charge is -2.32. The Bertz CT molecular complexity index is 670. The Kier molecular flexibility index (Phi) is 7.71. The van der Waals surface area contributed by atoms with E-state index >= 15 is 0 Å². The van der Waals surface area contributed by atoms with Gasteiger partial charge < -0.3 is 29.5 Å². The minimum atomic E-state index is 0.0453. The minimum Gasteiger partial charge on any atom is -0.497 e. The molecule has 1 aromatic carbocycles. The number of hydrogen-bond donors (Lipinski definition) is 3. The molecule has 0 aromatic heterocycles. The summed E-state index contributed by atoms with van der Waals surface area (Å²) in [6.45, 7) is 5.68. The molecule has 2 fully saturated rings. The summed E-state index contributed by atoms with van der Waals surface area (Å²) in [4.78, 5) is 28.7. The van der Waals surface area contributed by atoms with Gasteiger partial charge in [-0.2, -0.15) is 0 Å². The van der Waals surface area contributed by atoms with Gasteiger partial charge in [-0.15, -0.1) is 0 Å². The van der Waals surface area contributed by atoms with Crippen LogP contribution in [0.3, 0.4) is 0 Å². The first-order chi connectivity index (χ1) is 14.0. The zero-order chi connectivity index (χ0) is 20.6. The van der Waals surface area contributed by atoms with Crippen LogP contribution in [0, 0.1) is 0 Å². The first-order valence-corrected chi connectivity index (χ1v) is 10.5. The maximum absolute atomic E-state index is 12.5. The predicted octanol–water partition coefficient (Wildman–Crippen LogP) is -2.41. The van der Waals surface area contributed by atoms with Crippen molar-refractivity contribution in [3.05, 3.63) is 24.3 Å². The van der Waals surface area contributed by atoms with Crippen LogP contribution >= 0.6 is 0 Å². The smallest absolute Gasteiger partial charge is 0.278 e. The summed E-state index contributed by atoms with van der Waals surface area (Å²) >= 11 is 0. The van der Waals surface area contributed by atoms with Crippen molar-refractivity contribution in [1.29, 1.82) is 0 Å². The second-order valence-corrected chi connectivity index (χ2v) is 8.06. The number of hydrogen-bond acceptors (Lipinski definition) is 4. The van der Waals surface area contributed by atoms with Crippen LogP contribution in [-0.4, -0.2) is 89.3 Å². The van der Waals surface area contributed by atoms with Crippen molar-refractivity contribution in [3.8, 4) is 11.5 Å². The molecule has 1 heterocycles. The first kappa shape index (κ1) is 21.4. The molecule has 1 atom stereocenters. The summed E-state index contributed by atoms with van der Waals surface area (Å²) in [6.07, 6.45) is 2.17. The van der Waals surface area contributed by atoms with E-state index in [1.807, 2.05) is 36.2 Å². The number of nitrogens with one attached hydrogen (secondary N) is 3. The molecule has 29 heavy (non-hydrogen) atoms. The van der Waals surface area contributed by atoms with Gasteiger partial charge in [0.2, 0.25) is 0 Å². The predicted molar refractivity (Wildman–Crippen MR) is 108 cm³/mol. The Morgan fingerprint density at radius 2 is 1.79 bits per heavy atom. The number of methoxy groups -OCH3 is 1. The van der Waals surface area contributed by atoms with E-state index in [-0.39, 0.29) is 11.8 Å². The van der Waals surface area contributed by atoms with E-state index in [4.69, 9.17) is 9.47 Å². The molecular weight excluding hydrogens is 372 g/mol. The van der Waals surface area contributed by atoms with Crippen LogP contribution in [0.1, 0.15) is 12.8 Å². The molecule has 2 amide bonds. The lowest BCUT2D eigenvalue weighted by molar-refractivity contribution is -0.904. The fourth-order valence-corrected chi connectivity index (χ4v) is 3.52. The zero-order valence-corrected chi connectivity index (χ0v) is 17.5. The van der Waals surface area contributed by atoms with Crippen LogP contribution in [0.2, 0.25) is 0 Å². The number of amides is 2. The number of benzene rings is 1. The van der Waals surface area contributed by atoms with Gasteiger partial charge in [0.1, 0.15) is 24.7 Å². The van der Waals surface area contributed by atoms with Crippen LogP contribution in [0.5, 0.6) is 11.5 Å². The average Bonchev–Trinajstić information content (AvgIpc) is 3.52. The molecule has 1 aliphatic carbocycles. The maximum Gasteiger partial charge on any atom is 0.278 e. The van der Waals surface area contributed by atoms with Crippen LogP contribution in [0.15, 0.2) is 24.3 Å². The highest BCUT2D eigenvalue weighted by Gasteiger charge is 2.27. The monoisotopic (exact) mass is 406 g/mol. The second kappa shape index (κ2) is 10.5. The molecule has 1 aliphatic heterocycles. The minimum absolute atomic E-state index is 0.0453. The van der Waals surface area contributed by atoms with Crippen LogP contribution in [0.25, 0.3) is 0 Å². The van der Waals surface area contributed by atoms with Crippen molar-refractivity contribution in [1.82, 2.24) is 10.2 Å². The zero-order valence-electron chi connectivity index (χ0n) is 17.5. The van der Waals surface area contributed by atoms with Crippen molar-refractivity contribution in [2.45, 2.75) is 18.9 Å². The van der Waals surface area contributed by atoms with Gasteiger partial charge in [0.05, 0.1) is 40.3 Å². The molecular formula is C21H34N4O4+2. The van der Waals surface area contributed by atoms with Gasteiger partial charge in [0.25, 0.3) is 11.8 Å². The van der Waals surface area contributed by atoms with Crippen molar-refractivity contribution >= 4 is 11.8 Å². The van der Waals surface area contributed by atoms with Gasteiger partial charge >= 0.3 is 0 Å². The van der Waals surface area contributed by atoms with Gasteiger partial charge in [0.15, 0.2) is 13.1 Å². The lowest BCUT2D eigenvalue weighted by Crippen LogP contribution is -3.15. The van der Waals surface area contributed by atoms with E-state index in [0.717, 1.165) is 62.0 Å². The first-order valence-electron chi connectivity index (χ1n) is 10.5. The highest BCUT2D eigenvalue weighted by molar-refractivity contribution is 5.79. The Morgan fingerprint density at radius 3 is 2.41 bits per heavy atom. The topological polar surface area (TPSA) is 76.8 Å². The normalized spacial score (nSPS) is 18.2. The summed E-state index contributed by atoms with van der Waals surface area (Å²) in [5.74, 6) is 1.84. The number of likely N-dealkylation sites (N-methyl/N-ethyl adjacent to an activating group) is 1. The molecule has 2 aliphatic rings. The third-order valence-corrected chi connectivity index (χ3v) is 5.46. The molecule has 1 saturated carbocycles. The number of ether oxygens (including phenoxy) is 2. The van der Waals surface area contributed by atoms with Crippen LogP contribution < -0.4 is 24.6 Å². The molecule has 160 valence electrons.